The first kappa shape index (κ1) is 22.8. The van der Waals surface area contributed by atoms with Crippen LogP contribution < -0.4 is 10.2 Å². The summed E-state index contributed by atoms with van der Waals surface area (Å²) in [5.41, 5.74) is 0.642. The molecule has 4 rings (SSSR count). The summed E-state index contributed by atoms with van der Waals surface area (Å²) >= 11 is 0. The van der Waals surface area contributed by atoms with Crippen molar-refractivity contribution in [2.45, 2.75) is 31.0 Å². The van der Waals surface area contributed by atoms with Gasteiger partial charge in [0, 0.05) is 44.6 Å². The second-order valence-electron chi connectivity index (χ2n) is 8.46. The van der Waals surface area contributed by atoms with Crippen LogP contribution in [0.15, 0.2) is 42.9 Å². The Kier molecular flexibility index (Phi) is 6.62. The topological polar surface area (TPSA) is 44.3 Å². The van der Waals surface area contributed by atoms with Gasteiger partial charge in [0.25, 0.3) is 5.92 Å². The van der Waals surface area contributed by atoms with Gasteiger partial charge in [-0.15, -0.1) is 0 Å². The van der Waals surface area contributed by atoms with E-state index in [4.69, 9.17) is 0 Å². The van der Waals surface area contributed by atoms with Gasteiger partial charge >= 0.3 is 6.18 Å². The van der Waals surface area contributed by atoms with Crippen molar-refractivity contribution in [2.24, 2.45) is 5.92 Å². The Labute approximate surface area is 183 Å². The normalized spacial score (nSPS) is 21.8. The smallest absolute Gasteiger partial charge is 0.370 e. The summed E-state index contributed by atoms with van der Waals surface area (Å²) in [5, 5.41) is 2.82. The highest BCUT2D eigenvalue weighted by molar-refractivity contribution is 5.45. The molecule has 0 bridgehead atoms. The summed E-state index contributed by atoms with van der Waals surface area (Å²) in [6.45, 7) is 1.60. The van der Waals surface area contributed by atoms with Gasteiger partial charge in [-0.2, -0.15) is 13.2 Å². The maximum absolute atomic E-state index is 14.3. The third kappa shape index (κ3) is 5.35. The summed E-state index contributed by atoms with van der Waals surface area (Å²) in [4.78, 5) is 11.6. The molecule has 2 aromatic rings. The van der Waals surface area contributed by atoms with Crippen molar-refractivity contribution >= 4 is 5.69 Å². The molecule has 0 aromatic carbocycles. The third-order valence-electron chi connectivity index (χ3n) is 6.20. The Morgan fingerprint density at radius 3 is 2.47 bits per heavy atom. The molecular formula is C22H26F5N5. The summed E-state index contributed by atoms with van der Waals surface area (Å²) in [5.74, 6) is -2.68. The second kappa shape index (κ2) is 9.27. The molecule has 2 aromatic heterocycles. The van der Waals surface area contributed by atoms with Crippen molar-refractivity contribution in [2.75, 3.05) is 44.2 Å². The number of anilines is 1. The molecule has 1 atom stereocenters. The fourth-order valence-corrected chi connectivity index (χ4v) is 4.71. The van der Waals surface area contributed by atoms with Crippen LogP contribution in [0.25, 0.3) is 0 Å². The van der Waals surface area contributed by atoms with E-state index in [0.29, 0.717) is 31.9 Å². The van der Waals surface area contributed by atoms with Crippen LogP contribution in [0.5, 0.6) is 0 Å². The van der Waals surface area contributed by atoms with Gasteiger partial charge in [0.1, 0.15) is 5.69 Å². The fourth-order valence-electron chi connectivity index (χ4n) is 4.71. The lowest BCUT2D eigenvalue weighted by molar-refractivity contribution is -0.141. The average Bonchev–Trinajstić information content (AvgIpc) is 2.95. The van der Waals surface area contributed by atoms with E-state index < -0.39 is 17.8 Å². The largest absolute Gasteiger partial charge is 0.433 e. The molecule has 2 fully saturated rings. The Morgan fingerprint density at radius 2 is 1.84 bits per heavy atom. The molecule has 174 valence electrons. The monoisotopic (exact) mass is 455 g/mol. The highest BCUT2D eigenvalue weighted by Gasteiger charge is 2.40. The number of nitrogens with zero attached hydrogens (tertiary/aromatic N) is 4. The number of pyridine rings is 2. The SMILES string of the molecule is FC1(F)CNCCN(C(c2cccnc2)C2CCN(c3ccc(C(F)(F)F)nc3)CC2)C1. The lowest BCUT2D eigenvalue weighted by Gasteiger charge is -2.42. The Hall–Kier alpha value is -2.33. The highest BCUT2D eigenvalue weighted by Crippen LogP contribution is 2.38. The molecule has 0 saturated carbocycles. The molecule has 0 aliphatic carbocycles. The summed E-state index contributed by atoms with van der Waals surface area (Å²) in [6.07, 6.45) is 1.66. The van der Waals surface area contributed by atoms with Crippen LogP contribution >= 0.6 is 0 Å². The van der Waals surface area contributed by atoms with Gasteiger partial charge in [-0.1, -0.05) is 6.07 Å². The van der Waals surface area contributed by atoms with E-state index >= 15 is 0 Å². The van der Waals surface area contributed by atoms with Crippen molar-refractivity contribution in [1.82, 2.24) is 20.2 Å². The van der Waals surface area contributed by atoms with Gasteiger partial charge in [0.2, 0.25) is 0 Å². The number of halogens is 5. The van der Waals surface area contributed by atoms with Gasteiger partial charge in [0.15, 0.2) is 0 Å². The fraction of sp³-hybridized carbons (Fsp3) is 0.545. The molecule has 2 aliphatic heterocycles. The van der Waals surface area contributed by atoms with Crippen molar-refractivity contribution in [3.8, 4) is 0 Å². The number of alkyl halides is 5. The lowest BCUT2D eigenvalue weighted by atomic mass is 9.84. The van der Waals surface area contributed by atoms with Crippen LogP contribution in [-0.4, -0.2) is 60.1 Å². The minimum Gasteiger partial charge on any atom is -0.370 e. The molecule has 4 heterocycles. The number of hydrogen-bond acceptors (Lipinski definition) is 5. The predicted octanol–water partition coefficient (Wildman–Crippen LogP) is 3.99. The van der Waals surface area contributed by atoms with Gasteiger partial charge in [-0.3, -0.25) is 9.88 Å². The van der Waals surface area contributed by atoms with Crippen LogP contribution in [-0.2, 0) is 6.18 Å². The van der Waals surface area contributed by atoms with Crippen LogP contribution in [0, 0.1) is 5.92 Å². The molecule has 1 unspecified atom stereocenters. The molecule has 1 N–H and O–H groups in total. The molecule has 2 aliphatic rings. The zero-order valence-electron chi connectivity index (χ0n) is 17.5. The predicted molar refractivity (Wildman–Crippen MR) is 111 cm³/mol. The molecule has 0 radical (unpaired) electrons. The Balaban J connectivity index is 1.49. The molecular weight excluding hydrogens is 429 g/mol. The van der Waals surface area contributed by atoms with E-state index in [1.807, 2.05) is 21.9 Å². The maximum Gasteiger partial charge on any atom is 0.433 e. The van der Waals surface area contributed by atoms with Crippen molar-refractivity contribution in [1.29, 1.82) is 0 Å². The number of rotatable bonds is 4. The number of nitrogens with one attached hydrogen (secondary N) is 1. The molecule has 0 amide bonds. The second-order valence-corrected chi connectivity index (χ2v) is 8.46. The summed E-state index contributed by atoms with van der Waals surface area (Å²) in [7, 11) is 0. The van der Waals surface area contributed by atoms with E-state index in [9.17, 15) is 22.0 Å². The first-order valence-electron chi connectivity index (χ1n) is 10.7. The zero-order chi connectivity index (χ0) is 22.8. The number of hydrogen-bond donors (Lipinski definition) is 1. The first-order chi connectivity index (χ1) is 15.2. The Morgan fingerprint density at radius 1 is 1.06 bits per heavy atom. The van der Waals surface area contributed by atoms with Gasteiger partial charge in [-0.05, 0) is 42.5 Å². The van der Waals surface area contributed by atoms with E-state index in [1.54, 1.807) is 12.4 Å². The highest BCUT2D eigenvalue weighted by atomic mass is 19.4. The average molecular weight is 455 g/mol. The van der Waals surface area contributed by atoms with Crippen molar-refractivity contribution in [3.63, 3.8) is 0 Å². The molecule has 32 heavy (non-hydrogen) atoms. The maximum atomic E-state index is 14.3. The number of piperidine rings is 1. The summed E-state index contributed by atoms with van der Waals surface area (Å²) in [6, 6.07) is 5.99. The minimum absolute atomic E-state index is 0.131. The van der Waals surface area contributed by atoms with Crippen LogP contribution in [0.1, 0.15) is 30.1 Å². The Bertz CT molecular complexity index is 867. The van der Waals surface area contributed by atoms with Crippen LogP contribution in [0.2, 0.25) is 0 Å². The first-order valence-corrected chi connectivity index (χ1v) is 10.7. The molecule has 5 nitrogen and oxygen atoms in total. The molecule has 0 spiro atoms. The summed E-state index contributed by atoms with van der Waals surface area (Å²) < 4.78 is 67.0. The van der Waals surface area contributed by atoms with Crippen molar-refractivity contribution < 1.29 is 22.0 Å². The van der Waals surface area contributed by atoms with E-state index in [1.165, 1.54) is 12.3 Å². The van der Waals surface area contributed by atoms with Crippen LogP contribution in [0.4, 0.5) is 27.6 Å². The van der Waals surface area contributed by atoms with E-state index in [-0.39, 0.29) is 25.0 Å². The number of aromatic nitrogens is 2. The quantitative estimate of drug-likeness (QED) is 0.707. The lowest BCUT2D eigenvalue weighted by Crippen LogP contribution is -2.45. The zero-order valence-corrected chi connectivity index (χ0v) is 17.5. The molecule has 10 heteroatoms. The third-order valence-corrected chi connectivity index (χ3v) is 6.20. The van der Waals surface area contributed by atoms with Gasteiger partial charge < -0.3 is 10.2 Å². The van der Waals surface area contributed by atoms with E-state index in [0.717, 1.165) is 24.5 Å². The molecule has 2 saturated heterocycles. The van der Waals surface area contributed by atoms with Crippen LogP contribution in [0.3, 0.4) is 0 Å². The standard InChI is InChI=1S/C22H26F5N5/c23-21(24)14-29-8-11-32(15-21)20(17-2-1-7-28-12-17)16-5-9-31(10-6-16)18-3-4-19(30-13-18)22(25,26)27/h1-4,7,12-13,16,20,29H,5-6,8-11,14-15H2. The minimum atomic E-state index is -4.47. The van der Waals surface area contributed by atoms with Gasteiger partial charge in [-0.25, -0.2) is 13.8 Å². The van der Waals surface area contributed by atoms with E-state index in [2.05, 4.69) is 15.3 Å². The van der Waals surface area contributed by atoms with Gasteiger partial charge in [0.05, 0.1) is 25.0 Å². The van der Waals surface area contributed by atoms with Crippen molar-refractivity contribution in [3.05, 3.63) is 54.1 Å².